The summed E-state index contributed by atoms with van der Waals surface area (Å²) in [7, 11) is 0. The van der Waals surface area contributed by atoms with E-state index in [1.165, 1.54) is 11.2 Å². The third-order valence-corrected chi connectivity index (χ3v) is 6.42. The molecular weight excluding hydrogens is 468 g/mol. The minimum atomic E-state index is -0.817. The van der Waals surface area contributed by atoms with Crippen molar-refractivity contribution in [3.8, 4) is 11.1 Å². The van der Waals surface area contributed by atoms with Gasteiger partial charge in [-0.05, 0) is 75.1 Å². The Morgan fingerprint density at radius 2 is 1.71 bits per heavy atom. The van der Waals surface area contributed by atoms with Gasteiger partial charge in [-0.3, -0.25) is 4.79 Å². The van der Waals surface area contributed by atoms with Crippen LogP contribution in [0.2, 0.25) is 5.02 Å². The summed E-state index contributed by atoms with van der Waals surface area (Å²) in [5.74, 6) is -0.817. The lowest BCUT2D eigenvalue weighted by Crippen LogP contribution is -2.27. The van der Waals surface area contributed by atoms with Crippen LogP contribution in [0.25, 0.3) is 22.0 Å². The second-order valence-corrected chi connectivity index (χ2v) is 10.3. The van der Waals surface area contributed by atoms with Crippen LogP contribution in [0.3, 0.4) is 0 Å². The van der Waals surface area contributed by atoms with Crippen molar-refractivity contribution in [3.05, 3.63) is 65.3 Å². The molecule has 0 amide bonds. The number of carboxylic acids is 1. The maximum atomic E-state index is 11.7. The Morgan fingerprint density at radius 1 is 1.15 bits per heavy atom. The average Bonchev–Trinajstić information content (AvgIpc) is 3.09. The molecule has 0 fully saturated rings. The van der Waals surface area contributed by atoms with Gasteiger partial charge in [-0.25, -0.2) is 0 Å². The van der Waals surface area contributed by atoms with Crippen LogP contribution in [0.1, 0.15) is 37.6 Å². The van der Waals surface area contributed by atoms with Crippen molar-refractivity contribution in [2.24, 2.45) is 0 Å². The van der Waals surface area contributed by atoms with E-state index in [9.17, 15) is 9.90 Å². The molecule has 2 heterocycles. The van der Waals surface area contributed by atoms with Crippen molar-refractivity contribution in [2.45, 2.75) is 53.2 Å². The second-order valence-electron chi connectivity index (χ2n) is 9.06. The average molecular weight is 503 g/mol. The van der Waals surface area contributed by atoms with Crippen molar-refractivity contribution in [3.63, 3.8) is 0 Å². The Balaban J connectivity index is 0.000000520. The fourth-order valence-electron chi connectivity index (χ4n) is 4.19. The number of hydrogen-bond acceptors (Lipinski definition) is 4. The first kappa shape index (κ1) is 27.8. The maximum Gasteiger partial charge on any atom is 0.307 e. The molecule has 1 aliphatic heterocycles. The molecule has 0 aliphatic carbocycles. The Kier molecular flexibility index (Phi) is 9.29. The van der Waals surface area contributed by atoms with Gasteiger partial charge >= 0.3 is 5.97 Å². The summed E-state index contributed by atoms with van der Waals surface area (Å²) in [6.07, 6.45) is 2.07. The fourth-order valence-corrected chi connectivity index (χ4v) is 4.99. The number of anilines is 1. The van der Waals surface area contributed by atoms with Crippen LogP contribution in [0.4, 0.5) is 5.69 Å². The van der Waals surface area contributed by atoms with Gasteiger partial charge in [0.25, 0.3) is 0 Å². The lowest BCUT2D eigenvalue weighted by Gasteiger charge is -2.32. The van der Waals surface area contributed by atoms with E-state index >= 15 is 0 Å². The number of halogens is 1. The quantitative estimate of drug-likeness (QED) is 0.300. The molecule has 4 rings (SSSR count). The minimum Gasteiger partial charge on any atom is -0.481 e. The fraction of sp³-hybridized carbons (Fsp3) is 0.370. The van der Waals surface area contributed by atoms with Gasteiger partial charge in [0, 0.05) is 35.4 Å². The van der Waals surface area contributed by atoms with Crippen molar-refractivity contribution >= 4 is 46.1 Å². The molecule has 3 aromatic rings. The van der Waals surface area contributed by atoms with Gasteiger partial charge in [0.2, 0.25) is 0 Å². The molecule has 2 aromatic carbocycles. The van der Waals surface area contributed by atoms with Gasteiger partial charge in [-0.2, -0.15) is 0 Å². The molecule has 0 spiro atoms. The number of benzene rings is 2. The summed E-state index contributed by atoms with van der Waals surface area (Å²) < 4.78 is 4.64. The summed E-state index contributed by atoms with van der Waals surface area (Å²) in [6, 6.07) is 9.87. The van der Waals surface area contributed by atoms with E-state index in [1.807, 2.05) is 31.2 Å². The number of hydrogen-bond donors (Lipinski definition) is 2. The molecule has 0 bridgehead atoms. The number of aliphatic carboxylic acids is 1. The number of aryl methyl sites for hydroxylation is 1. The van der Waals surface area contributed by atoms with E-state index in [0.29, 0.717) is 5.02 Å². The normalized spacial score (nSPS) is 12.5. The molecule has 0 unspecified atom stereocenters. The van der Waals surface area contributed by atoms with E-state index in [2.05, 4.69) is 41.3 Å². The molecule has 0 saturated carbocycles. The first-order valence-corrected chi connectivity index (χ1v) is 12.6. The van der Waals surface area contributed by atoms with E-state index in [1.54, 1.807) is 32.7 Å². The largest absolute Gasteiger partial charge is 0.481 e. The van der Waals surface area contributed by atoms with E-state index in [-0.39, 0.29) is 6.42 Å². The molecule has 34 heavy (non-hydrogen) atoms. The predicted molar refractivity (Wildman–Crippen MR) is 147 cm³/mol. The third-order valence-electron chi connectivity index (χ3n) is 5.36. The number of nitrogens with zero attached hydrogens (tertiary/aromatic N) is 2. The molecule has 7 heteroatoms. The standard InChI is InChI=1S/C21H21ClN2O2S.C4H10O.C2H4/c1-12-10-17-19(14-4-6-15(22)7-5-14)16(11-18(25)26)13(2)20-21(17)23(12)8-9-24(20)27-3;1-4(2,3)5;1-2/h4-7,10H,8-9,11H2,1-3H3,(H,25,26);5H,1-3H3;1-2H2. The molecule has 5 nitrogen and oxygen atoms in total. The highest BCUT2D eigenvalue weighted by atomic mass is 35.5. The Hall–Kier alpha value is -2.41. The molecule has 1 aliphatic rings. The zero-order chi connectivity index (χ0) is 25.8. The van der Waals surface area contributed by atoms with Gasteiger partial charge in [0.05, 0.1) is 23.2 Å². The van der Waals surface area contributed by atoms with E-state index in [4.69, 9.17) is 16.7 Å². The molecule has 0 atom stereocenters. The van der Waals surface area contributed by atoms with Crippen LogP contribution in [0.5, 0.6) is 0 Å². The smallest absolute Gasteiger partial charge is 0.307 e. The lowest BCUT2D eigenvalue weighted by molar-refractivity contribution is -0.136. The zero-order valence-corrected chi connectivity index (χ0v) is 22.5. The Labute approximate surface area is 212 Å². The summed E-state index contributed by atoms with van der Waals surface area (Å²) >= 11 is 7.78. The molecule has 0 radical (unpaired) electrons. The van der Waals surface area contributed by atoms with Crippen molar-refractivity contribution < 1.29 is 15.0 Å². The summed E-state index contributed by atoms with van der Waals surface area (Å²) in [5, 5.41) is 19.9. The van der Waals surface area contributed by atoms with E-state index in [0.717, 1.165) is 46.4 Å². The first-order chi connectivity index (χ1) is 15.9. The second kappa shape index (κ2) is 11.3. The highest BCUT2D eigenvalue weighted by Crippen LogP contribution is 2.46. The van der Waals surface area contributed by atoms with Gasteiger partial charge in [-0.15, -0.1) is 13.2 Å². The monoisotopic (exact) mass is 502 g/mol. The number of rotatable bonds is 4. The van der Waals surface area contributed by atoms with E-state index < -0.39 is 11.6 Å². The van der Waals surface area contributed by atoms with Gasteiger partial charge in [0.1, 0.15) is 0 Å². The molecule has 184 valence electrons. The SMILES string of the molecule is C=C.CC(C)(C)O.CSN1CCn2c(C)cc3c(-c4ccc(Cl)cc4)c(CC(=O)O)c(C)c1c32. The Bertz CT molecular complexity index is 1160. The van der Waals surface area contributed by atoms with Gasteiger partial charge in [-0.1, -0.05) is 35.7 Å². The van der Waals surface area contributed by atoms with Crippen molar-refractivity contribution in [2.75, 3.05) is 17.1 Å². The van der Waals surface area contributed by atoms with Gasteiger partial charge in [0.15, 0.2) is 0 Å². The lowest BCUT2D eigenvalue weighted by atomic mass is 9.89. The predicted octanol–water partition coefficient (Wildman–Crippen LogP) is 6.88. The molecule has 0 saturated heterocycles. The van der Waals surface area contributed by atoms with Crippen LogP contribution in [-0.4, -0.2) is 39.2 Å². The highest BCUT2D eigenvalue weighted by molar-refractivity contribution is 8.00. The number of carboxylic acid groups (broad SMARTS) is 1. The highest BCUT2D eigenvalue weighted by Gasteiger charge is 2.28. The minimum absolute atomic E-state index is 0.000812. The van der Waals surface area contributed by atoms with Crippen LogP contribution >= 0.6 is 23.5 Å². The maximum absolute atomic E-state index is 11.7. The van der Waals surface area contributed by atoms with Crippen LogP contribution in [0, 0.1) is 13.8 Å². The number of aromatic nitrogens is 1. The zero-order valence-electron chi connectivity index (χ0n) is 20.9. The molecule has 2 N–H and O–H groups in total. The number of carbonyl (C=O) groups is 1. The van der Waals surface area contributed by atoms with Gasteiger partial charge < -0.3 is 19.1 Å². The molecular formula is C27H35ClN2O3S. The van der Waals surface area contributed by atoms with Crippen molar-refractivity contribution in [1.82, 2.24) is 4.57 Å². The summed E-state index contributed by atoms with van der Waals surface area (Å²) in [4.78, 5) is 11.7. The third kappa shape index (κ3) is 6.17. The summed E-state index contributed by atoms with van der Waals surface area (Å²) in [6.45, 7) is 17.2. The van der Waals surface area contributed by atoms with Crippen molar-refractivity contribution in [1.29, 1.82) is 0 Å². The topological polar surface area (TPSA) is 65.7 Å². The van der Waals surface area contributed by atoms with Crippen LogP contribution in [0.15, 0.2) is 43.5 Å². The number of aliphatic hydroxyl groups is 1. The van der Waals surface area contributed by atoms with Crippen LogP contribution in [-0.2, 0) is 17.8 Å². The summed E-state index contributed by atoms with van der Waals surface area (Å²) in [5.41, 5.74) is 6.98. The first-order valence-electron chi connectivity index (χ1n) is 11.1. The molecule has 1 aromatic heterocycles. The van der Waals surface area contributed by atoms with Crippen LogP contribution < -0.4 is 4.31 Å². The Morgan fingerprint density at radius 3 is 2.21 bits per heavy atom.